The van der Waals surface area contributed by atoms with Crippen LogP contribution >= 0.6 is 11.6 Å². The van der Waals surface area contributed by atoms with Gasteiger partial charge in [0, 0.05) is 0 Å². The fourth-order valence-corrected chi connectivity index (χ4v) is 2.32. The topological polar surface area (TPSA) is 86.2 Å². The van der Waals surface area contributed by atoms with Crippen molar-refractivity contribution >= 4 is 27.4 Å². The molecule has 0 unspecified atom stereocenters. The van der Waals surface area contributed by atoms with Gasteiger partial charge in [0.05, 0.1) is 17.0 Å². The van der Waals surface area contributed by atoms with Crippen molar-refractivity contribution in [1.29, 1.82) is 0 Å². The molecule has 1 aromatic carbocycles. The fraction of sp³-hybridized carbons (Fsp3) is 0.154. The first kappa shape index (κ1) is 16.3. The SMILES string of the molecule is CCS(=O)(=O)c1ncc(Cl)c(C(=O)Oc2ccccc2F)n1. The van der Waals surface area contributed by atoms with Crippen LogP contribution in [-0.4, -0.2) is 30.1 Å². The molecule has 0 aliphatic rings. The molecule has 0 bridgehead atoms. The first-order valence-electron chi connectivity index (χ1n) is 6.07. The molecular formula is C13H10ClFN2O4S. The van der Waals surface area contributed by atoms with E-state index in [1.165, 1.54) is 25.1 Å². The normalized spacial score (nSPS) is 11.2. The molecule has 2 aromatic rings. The smallest absolute Gasteiger partial charge is 0.364 e. The van der Waals surface area contributed by atoms with Crippen LogP contribution in [0.25, 0.3) is 0 Å². The van der Waals surface area contributed by atoms with Crippen molar-refractivity contribution in [2.75, 3.05) is 5.75 Å². The Hall–Kier alpha value is -2.06. The zero-order valence-corrected chi connectivity index (χ0v) is 12.9. The maximum Gasteiger partial charge on any atom is 0.364 e. The summed E-state index contributed by atoms with van der Waals surface area (Å²) in [5.41, 5.74) is -0.452. The van der Waals surface area contributed by atoms with Crippen LogP contribution in [0, 0.1) is 5.82 Å². The van der Waals surface area contributed by atoms with Gasteiger partial charge in [0.1, 0.15) is 0 Å². The number of esters is 1. The lowest BCUT2D eigenvalue weighted by molar-refractivity contribution is 0.0720. The van der Waals surface area contributed by atoms with Crippen molar-refractivity contribution < 1.29 is 22.3 Å². The second kappa shape index (κ2) is 6.37. The van der Waals surface area contributed by atoms with Crippen LogP contribution < -0.4 is 4.74 Å². The lowest BCUT2D eigenvalue weighted by Crippen LogP contribution is -2.16. The Balaban J connectivity index is 2.38. The number of halogens is 2. The Morgan fingerprint density at radius 2 is 2.05 bits per heavy atom. The van der Waals surface area contributed by atoms with Gasteiger partial charge in [-0.2, -0.15) is 0 Å². The van der Waals surface area contributed by atoms with E-state index in [1.807, 2.05) is 0 Å². The zero-order valence-electron chi connectivity index (χ0n) is 11.3. The van der Waals surface area contributed by atoms with E-state index >= 15 is 0 Å². The summed E-state index contributed by atoms with van der Waals surface area (Å²) in [6.07, 6.45) is 0.981. The van der Waals surface area contributed by atoms with E-state index in [9.17, 15) is 17.6 Å². The van der Waals surface area contributed by atoms with Gasteiger partial charge in [-0.25, -0.2) is 27.6 Å². The number of sulfone groups is 1. The van der Waals surface area contributed by atoms with Crippen molar-refractivity contribution in [3.63, 3.8) is 0 Å². The summed E-state index contributed by atoms with van der Waals surface area (Å²) in [5, 5.41) is -0.740. The minimum Gasteiger partial charge on any atom is -0.419 e. The molecule has 22 heavy (non-hydrogen) atoms. The summed E-state index contributed by atoms with van der Waals surface area (Å²) in [6, 6.07) is 5.25. The zero-order chi connectivity index (χ0) is 16.3. The Morgan fingerprint density at radius 1 is 1.36 bits per heavy atom. The highest BCUT2D eigenvalue weighted by Gasteiger charge is 2.22. The maximum absolute atomic E-state index is 13.5. The summed E-state index contributed by atoms with van der Waals surface area (Å²) in [7, 11) is -3.71. The summed E-state index contributed by atoms with van der Waals surface area (Å²) < 4.78 is 41.7. The average molecular weight is 345 g/mol. The van der Waals surface area contributed by atoms with Gasteiger partial charge >= 0.3 is 5.97 Å². The Bertz CT molecular complexity index is 827. The summed E-state index contributed by atoms with van der Waals surface area (Å²) >= 11 is 5.78. The van der Waals surface area contributed by atoms with E-state index in [2.05, 4.69) is 9.97 Å². The standard InChI is InChI=1S/C13H10ClFN2O4S/c1-2-22(19,20)13-16-7-8(14)11(17-13)12(18)21-10-6-4-3-5-9(10)15/h3-7H,2H2,1H3. The van der Waals surface area contributed by atoms with Crippen molar-refractivity contribution in [2.24, 2.45) is 0 Å². The predicted molar refractivity (Wildman–Crippen MR) is 76.1 cm³/mol. The molecule has 9 heteroatoms. The monoisotopic (exact) mass is 344 g/mol. The van der Waals surface area contributed by atoms with Gasteiger partial charge in [-0.1, -0.05) is 30.7 Å². The number of hydrogen-bond acceptors (Lipinski definition) is 6. The summed E-state index contributed by atoms with van der Waals surface area (Å²) in [4.78, 5) is 19.2. The molecule has 2 rings (SSSR count). The minimum atomic E-state index is -3.71. The van der Waals surface area contributed by atoms with E-state index in [0.29, 0.717) is 0 Å². The molecule has 0 atom stereocenters. The number of para-hydroxylation sites is 1. The van der Waals surface area contributed by atoms with E-state index in [-0.39, 0.29) is 16.5 Å². The second-order valence-electron chi connectivity index (χ2n) is 4.07. The number of aromatic nitrogens is 2. The molecule has 116 valence electrons. The molecule has 0 spiro atoms. The number of nitrogens with zero attached hydrogens (tertiary/aromatic N) is 2. The van der Waals surface area contributed by atoms with E-state index in [1.54, 1.807) is 0 Å². The number of hydrogen-bond donors (Lipinski definition) is 0. The highest BCUT2D eigenvalue weighted by Crippen LogP contribution is 2.20. The van der Waals surface area contributed by atoms with Crippen LogP contribution in [0.1, 0.15) is 17.4 Å². The molecule has 1 aromatic heterocycles. The van der Waals surface area contributed by atoms with Gasteiger partial charge in [-0.05, 0) is 12.1 Å². The molecule has 0 fully saturated rings. The number of rotatable bonds is 4. The van der Waals surface area contributed by atoms with Crippen LogP contribution in [0.2, 0.25) is 5.02 Å². The third-order valence-electron chi connectivity index (χ3n) is 2.61. The lowest BCUT2D eigenvalue weighted by Gasteiger charge is -2.07. The molecule has 0 amide bonds. The maximum atomic E-state index is 13.5. The quantitative estimate of drug-likeness (QED) is 0.480. The molecule has 1 heterocycles. The Labute approximate surface area is 130 Å². The van der Waals surface area contributed by atoms with Crippen molar-refractivity contribution in [1.82, 2.24) is 9.97 Å². The second-order valence-corrected chi connectivity index (χ2v) is 6.65. The molecule has 0 N–H and O–H groups in total. The molecular weight excluding hydrogens is 335 g/mol. The fourth-order valence-electron chi connectivity index (χ4n) is 1.45. The first-order chi connectivity index (χ1) is 10.3. The van der Waals surface area contributed by atoms with Gasteiger partial charge in [0.15, 0.2) is 17.3 Å². The van der Waals surface area contributed by atoms with E-state index < -0.39 is 32.5 Å². The number of ether oxygens (including phenoxy) is 1. The molecule has 0 radical (unpaired) electrons. The van der Waals surface area contributed by atoms with Gasteiger partial charge in [0.2, 0.25) is 15.0 Å². The van der Waals surface area contributed by atoms with Crippen LogP contribution in [0.5, 0.6) is 5.75 Å². The Morgan fingerprint density at radius 3 is 2.68 bits per heavy atom. The van der Waals surface area contributed by atoms with Crippen molar-refractivity contribution in [2.45, 2.75) is 12.1 Å². The number of carbonyl (C=O) groups is 1. The number of carbonyl (C=O) groups excluding carboxylic acids is 1. The van der Waals surface area contributed by atoms with Crippen LogP contribution in [0.4, 0.5) is 4.39 Å². The third-order valence-corrected chi connectivity index (χ3v) is 4.40. The molecule has 0 aliphatic carbocycles. The lowest BCUT2D eigenvalue weighted by atomic mass is 10.3. The summed E-state index contributed by atoms with van der Waals surface area (Å²) in [5.74, 6) is -2.38. The highest BCUT2D eigenvalue weighted by molar-refractivity contribution is 7.91. The highest BCUT2D eigenvalue weighted by atomic mass is 35.5. The van der Waals surface area contributed by atoms with Crippen molar-refractivity contribution in [3.8, 4) is 5.75 Å². The largest absolute Gasteiger partial charge is 0.419 e. The summed E-state index contributed by atoms with van der Waals surface area (Å²) in [6.45, 7) is 1.41. The molecule has 6 nitrogen and oxygen atoms in total. The predicted octanol–water partition coefficient (Wildman–Crippen LogP) is 2.28. The van der Waals surface area contributed by atoms with Crippen LogP contribution in [0.15, 0.2) is 35.6 Å². The minimum absolute atomic E-state index is 0.198. The van der Waals surface area contributed by atoms with E-state index in [4.69, 9.17) is 16.3 Å². The molecule has 0 saturated carbocycles. The Kier molecular flexibility index (Phi) is 4.72. The van der Waals surface area contributed by atoms with Gasteiger partial charge in [-0.15, -0.1) is 0 Å². The average Bonchev–Trinajstić information content (AvgIpc) is 2.49. The van der Waals surface area contributed by atoms with Crippen LogP contribution in [-0.2, 0) is 9.84 Å². The third kappa shape index (κ3) is 3.40. The first-order valence-corrected chi connectivity index (χ1v) is 8.10. The molecule has 0 aliphatic heterocycles. The number of benzene rings is 1. The van der Waals surface area contributed by atoms with Crippen LogP contribution in [0.3, 0.4) is 0 Å². The van der Waals surface area contributed by atoms with Gasteiger partial charge in [0.25, 0.3) is 0 Å². The van der Waals surface area contributed by atoms with Gasteiger partial charge in [-0.3, -0.25) is 0 Å². The van der Waals surface area contributed by atoms with Gasteiger partial charge < -0.3 is 4.74 Å². The van der Waals surface area contributed by atoms with E-state index in [0.717, 1.165) is 12.3 Å². The van der Waals surface area contributed by atoms with Crippen molar-refractivity contribution in [3.05, 3.63) is 47.0 Å². The molecule has 0 saturated heterocycles.